The summed E-state index contributed by atoms with van der Waals surface area (Å²) in [6.07, 6.45) is 8.27. The van der Waals surface area contributed by atoms with Crippen LogP contribution in [0.2, 0.25) is 0 Å². The van der Waals surface area contributed by atoms with E-state index in [2.05, 4.69) is 15.7 Å². The predicted molar refractivity (Wildman–Crippen MR) is 279 cm³/mol. The van der Waals surface area contributed by atoms with Crippen LogP contribution in [0.4, 0.5) is 0 Å². The number of phenols is 1. The standard InChI is InChI=1S/C11H12N2O2.C9H11NO3.C6H14N4O2.2C6H14N2O2.C6H13NO2.C2H5NO2/c12-9(11(14)15)5-7-6-13-10-4-2-1-3-8(7)10;10-8(9(12)13)5-6-1-3-7(11)4-2-6;7-4(5(11)12)2-1-3-10-6(8)9;2*7-4-2-1-3-5(8)6(9)10;1-4(2)3-5(7)6(8)9;3-1-2(4)5/h1-4,6,9,13H,5,12H2,(H,14,15);1-4,8,11H,5,10H2,(H,12,13);4H,1-3,7H2,(H,11,12)(H4,8,9,10);2*5H,1-4,7-8H2,(H,9,10);4-5H,3,7H2,1-2H3,(H,8,9);1,3H2,(H,4,5). The number of aliphatic imine (C=N–C) groups is 1. The number of hydrogen-bond donors (Lipinski definition) is 20. The number of phenolic OH excluding ortho intramolecular Hbond substituents is 1. The van der Waals surface area contributed by atoms with Crippen molar-refractivity contribution < 1.29 is 74.4 Å². The van der Waals surface area contributed by atoms with Gasteiger partial charge in [-0.3, -0.25) is 38.6 Å². The average molecular weight is 1060 g/mol. The van der Waals surface area contributed by atoms with Crippen molar-refractivity contribution in [2.24, 2.45) is 74.0 Å². The number of aromatic amines is 1. The van der Waals surface area contributed by atoms with E-state index in [-0.39, 0.29) is 24.7 Å². The van der Waals surface area contributed by atoms with Gasteiger partial charge in [0.1, 0.15) is 42.0 Å². The van der Waals surface area contributed by atoms with Gasteiger partial charge in [0.05, 0.1) is 6.54 Å². The van der Waals surface area contributed by atoms with Crippen LogP contribution >= 0.6 is 0 Å². The number of fused-ring (bicyclic) bond motifs is 1. The van der Waals surface area contributed by atoms with E-state index in [1.165, 1.54) is 12.1 Å². The summed E-state index contributed by atoms with van der Waals surface area (Å²) in [7, 11) is 0. The summed E-state index contributed by atoms with van der Waals surface area (Å²) in [5.74, 6) is -6.21. The van der Waals surface area contributed by atoms with Crippen LogP contribution in [-0.4, -0.2) is 156 Å². The molecule has 74 heavy (non-hydrogen) atoms. The molecule has 6 unspecified atom stereocenters. The Bertz CT molecular complexity index is 2030. The molecule has 0 fully saturated rings. The van der Waals surface area contributed by atoms with Gasteiger partial charge in [-0.25, -0.2) is 0 Å². The summed E-state index contributed by atoms with van der Waals surface area (Å²) in [4.78, 5) is 77.6. The van der Waals surface area contributed by atoms with Gasteiger partial charge < -0.3 is 109 Å². The first-order valence-corrected chi connectivity index (χ1v) is 23.1. The maximum atomic E-state index is 10.6. The zero-order chi connectivity index (χ0) is 57.9. The third-order valence-corrected chi connectivity index (χ3v) is 9.22. The van der Waals surface area contributed by atoms with E-state index in [0.29, 0.717) is 64.1 Å². The molecule has 31 N–H and O–H groups in total. The summed E-state index contributed by atoms with van der Waals surface area (Å²) >= 11 is 0. The molecule has 422 valence electrons. The number of unbranched alkanes of at least 4 members (excludes halogenated alkanes) is 2. The van der Waals surface area contributed by atoms with E-state index in [1.807, 2.05) is 44.3 Å². The van der Waals surface area contributed by atoms with Gasteiger partial charge in [0, 0.05) is 30.1 Å². The van der Waals surface area contributed by atoms with Crippen LogP contribution in [-0.2, 0) is 46.4 Å². The lowest BCUT2D eigenvalue weighted by Gasteiger charge is -2.07. The number of nitrogens with zero attached hydrogens (tertiary/aromatic N) is 1. The van der Waals surface area contributed by atoms with Crippen molar-refractivity contribution >= 4 is 58.6 Å². The van der Waals surface area contributed by atoms with Crippen LogP contribution < -0.4 is 63.1 Å². The second kappa shape index (κ2) is 44.7. The highest BCUT2D eigenvalue weighted by Gasteiger charge is 2.16. The topological polar surface area (TPSA) is 596 Å². The number of carboxylic acids is 7. The molecule has 0 aliphatic rings. The summed E-state index contributed by atoms with van der Waals surface area (Å²) in [5.41, 5.74) is 59.5. The van der Waals surface area contributed by atoms with Crippen molar-refractivity contribution in [3.63, 3.8) is 0 Å². The van der Waals surface area contributed by atoms with Gasteiger partial charge in [-0.2, -0.15) is 0 Å². The molecule has 0 radical (unpaired) electrons. The second-order valence-electron chi connectivity index (χ2n) is 16.3. The Morgan fingerprint density at radius 3 is 1.28 bits per heavy atom. The first-order valence-electron chi connectivity index (χ1n) is 23.1. The molecule has 28 nitrogen and oxygen atoms in total. The van der Waals surface area contributed by atoms with Crippen LogP contribution in [0, 0.1) is 5.92 Å². The number of para-hydroxylation sites is 1. The number of H-pyrrole nitrogens is 1. The molecule has 1 heterocycles. The zero-order valence-electron chi connectivity index (χ0n) is 42.1. The van der Waals surface area contributed by atoms with E-state index in [0.717, 1.165) is 47.7 Å². The summed E-state index contributed by atoms with van der Waals surface area (Å²) < 4.78 is 0. The lowest BCUT2D eigenvalue weighted by molar-refractivity contribution is -0.139. The van der Waals surface area contributed by atoms with Crippen molar-refractivity contribution in [3.8, 4) is 5.75 Å². The summed E-state index contributed by atoms with van der Waals surface area (Å²) in [6.45, 7) is 5.24. The molecule has 0 aliphatic heterocycles. The molecule has 2 aromatic carbocycles. The third kappa shape index (κ3) is 43.7. The number of rotatable bonds is 25. The van der Waals surface area contributed by atoms with Crippen LogP contribution in [0.5, 0.6) is 5.75 Å². The fraction of sp³-hybridized carbons (Fsp3) is 0.522. The van der Waals surface area contributed by atoms with Crippen molar-refractivity contribution in [3.05, 3.63) is 65.9 Å². The number of aromatic nitrogens is 1. The van der Waals surface area contributed by atoms with Crippen LogP contribution in [0.25, 0.3) is 10.9 Å². The molecular formula is C46H83N13O15. The lowest BCUT2D eigenvalue weighted by Crippen LogP contribution is -2.32. The lowest BCUT2D eigenvalue weighted by atomic mass is 10.1. The maximum Gasteiger partial charge on any atom is 0.320 e. The second-order valence-corrected chi connectivity index (χ2v) is 16.3. The molecule has 3 aromatic rings. The molecule has 28 heteroatoms. The molecule has 0 bridgehead atoms. The quantitative estimate of drug-likeness (QED) is 0.0259. The normalized spacial score (nSPS) is 12.4. The largest absolute Gasteiger partial charge is 0.508 e. The predicted octanol–water partition coefficient (Wildman–Crippen LogP) is -1.55. The van der Waals surface area contributed by atoms with Crippen molar-refractivity contribution in [1.29, 1.82) is 0 Å². The number of carboxylic acid groups (broad SMARTS) is 7. The van der Waals surface area contributed by atoms with Crippen molar-refractivity contribution in [1.82, 2.24) is 4.98 Å². The van der Waals surface area contributed by atoms with Gasteiger partial charge in [0.15, 0.2) is 5.96 Å². The van der Waals surface area contributed by atoms with Crippen LogP contribution in [0.3, 0.4) is 0 Å². The number of carbonyl (C=O) groups is 7. The van der Waals surface area contributed by atoms with Crippen molar-refractivity contribution in [2.75, 3.05) is 26.2 Å². The SMILES string of the molecule is CC(C)CC(N)C(=O)O.NC(Cc1c[nH]c2ccccc12)C(=O)O.NC(Cc1ccc(O)cc1)C(=O)O.NC(N)=NCCCC(N)C(=O)O.NCC(=O)O.NCCCCC(N)C(=O)O.NCCCCC(N)C(=O)O. The number of aromatic hydroxyl groups is 1. The van der Waals surface area contributed by atoms with Gasteiger partial charge in [-0.15, -0.1) is 0 Å². The van der Waals surface area contributed by atoms with E-state index in [1.54, 1.807) is 12.1 Å². The summed E-state index contributed by atoms with van der Waals surface area (Å²) in [6, 6.07) is 9.40. The highest BCUT2D eigenvalue weighted by Crippen LogP contribution is 2.18. The summed E-state index contributed by atoms with van der Waals surface area (Å²) in [5, 5.41) is 68.2. The number of benzene rings is 2. The Morgan fingerprint density at radius 2 is 0.932 bits per heavy atom. The molecule has 6 atom stereocenters. The molecule has 0 saturated carbocycles. The van der Waals surface area contributed by atoms with E-state index in [9.17, 15) is 33.6 Å². The molecule has 0 aliphatic carbocycles. The molecule has 1 aromatic heterocycles. The minimum atomic E-state index is -1.02. The minimum absolute atomic E-state index is 0.0129. The maximum absolute atomic E-state index is 10.6. The van der Waals surface area contributed by atoms with E-state index < -0.39 is 78.0 Å². The molecule has 0 spiro atoms. The Labute approximate surface area is 429 Å². The first-order chi connectivity index (χ1) is 34.5. The van der Waals surface area contributed by atoms with Crippen LogP contribution in [0.15, 0.2) is 59.7 Å². The molecule has 0 saturated heterocycles. The van der Waals surface area contributed by atoms with Gasteiger partial charge in [-0.1, -0.05) is 57.0 Å². The molecule has 3 rings (SSSR count). The highest BCUT2D eigenvalue weighted by atomic mass is 16.4. The third-order valence-electron chi connectivity index (χ3n) is 9.22. The number of hydrogen-bond acceptors (Lipinski definition) is 18. The molecule has 0 amide bonds. The Hall–Kier alpha value is -7.02. The number of nitrogens with one attached hydrogen (secondary N) is 1. The fourth-order valence-corrected chi connectivity index (χ4v) is 5.11. The Balaban J connectivity index is -0.000000393. The van der Waals surface area contributed by atoms with E-state index in [4.69, 9.17) is 98.2 Å². The van der Waals surface area contributed by atoms with Gasteiger partial charge >= 0.3 is 41.8 Å². The zero-order valence-corrected chi connectivity index (χ0v) is 42.1. The van der Waals surface area contributed by atoms with Gasteiger partial charge in [-0.05, 0) is 99.7 Å². The highest BCUT2D eigenvalue weighted by molar-refractivity contribution is 5.84. The number of nitrogens with two attached hydrogens (primary N) is 11. The number of guanidine groups is 1. The average Bonchev–Trinajstić information content (AvgIpc) is 3.74. The van der Waals surface area contributed by atoms with Gasteiger partial charge in [0.2, 0.25) is 0 Å². The van der Waals surface area contributed by atoms with E-state index >= 15 is 0 Å². The minimum Gasteiger partial charge on any atom is -0.508 e. The smallest absolute Gasteiger partial charge is 0.320 e. The monoisotopic (exact) mass is 1060 g/mol. The van der Waals surface area contributed by atoms with Crippen molar-refractivity contribution in [2.45, 2.75) is 121 Å². The van der Waals surface area contributed by atoms with Crippen LogP contribution in [0.1, 0.15) is 82.8 Å². The number of aliphatic carboxylic acids is 7. The molecular weight excluding hydrogens is 975 g/mol. The fourth-order valence-electron chi connectivity index (χ4n) is 5.11. The Kier molecular flexibility index (Phi) is 44.4. The van der Waals surface area contributed by atoms with Gasteiger partial charge in [0.25, 0.3) is 0 Å². The Morgan fingerprint density at radius 1 is 0.541 bits per heavy atom. The first kappa shape index (κ1) is 73.5.